The average molecular weight is 186 g/mol. The van der Waals surface area contributed by atoms with E-state index in [0.29, 0.717) is 0 Å². The van der Waals surface area contributed by atoms with E-state index in [1.54, 1.807) is 20.6 Å². The Morgan fingerprint density at radius 3 is 2.00 bits per heavy atom. The van der Waals surface area contributed by atoms with Gasteiger partial charge in [0.2, 0.25) is 0 Å². The maximum Gasteiger partial charge on any atom is 0.366 e. The van der Waals surface area contributed by atoms with Crippen LogP contribution in [0.4, 0.5) is 0 Å². The number of nitrogens with zero attached hydrogens (tertiary/aromatic N) is 3. The van der Waals surface area contributed by atoms with Crippen LogP contribution in [0.2, 0.25) is 6.55 Å². The van der Waals surface area contributed by atoms with Crippen molar-refractivity contribution in [1.29, 1.82) is 0 Å². The lowest BCUT2D eigenvalue weighted by atomic mass is 11.5. The van der Waals surface area contributed by atoms with E-state index in [1.165, 1.54) is 4.67 Å². The summed E-state index contributed by atoms with van der Waals surface area (Å²) in [5.41, 5.74) is 0. The van der Waals surface area contributed by atoms with Crippen molar-refractivity contribution in [1.82, 2.24) is 4.67 Å². The molecule has 0 bridgehead atoms. The fraction of sp³-hybridized carbons (Fsp3) is 1.00. The van der Waals surface area contributed by atoms with Gasteiger partial charge in [-0.25, -0.2) is 0 Å². The van der Waals surface area contributed by atoms with E-state index in [1.807, 2.05) is 0 Å². The zero-order valence-electron chi connectivity index (χ0n) is 5.60. The van der Waals surface area contributed by atoms with Gasteiger partial charge >= 0.3 is 6.86 Å². The zero-order chi connectivity index (χ0) is 7.49. The Morgan fingerprint density at radius 1 is 1.44 bits per heavy atom. The van der Waals surface area contributed by atoms with Crippen LogP contribution in [0.5, 0.6) is 0 Å². The summed E-state index contributed by atoms with van der Waals surface area (Å²) in [4.78, 5) is 0. The molecule has 0 aromatic rings. The van der Waals surface area contributed by atoms with Crippen molar-refractivity contribution >= 4 is 29.0 Å². The molecule has 0 aliphatic rings. The van der Waals surface area contributed by atoms with E-state index < -0.39 is 6.86 Å². The molecule has 6 heteroatoms. The van der Waals surface area contributed by atoms with E-state index in [2.05, 4.69) is 10.3 Å². The van der Waals surface area contributed by atoms with Crippen LogP contribution in [0.1, 0.15) is 0 Å². The molecule has 0 saturated carbocycles. The minimum absolute atomic E-state index is 1.50. The molecule has 54 valence electrons. The molecule has 0 spiro atoms. The largest absolute Gasteiger partial charge is 0.366 e. The Morgan fingerprint density at radius 2 is 1.89 bits per heavy atom. The van der Waals surface area contributed by atoms with E-state index >= 15 is 0 Å². The third-order valence-electron chi connectivity index (χ3n) is 0.792. The lowest BCUT2D eigenvalue weighted by Gasteiger charge is -2.18. The molecule has 0 aliphatic heterocycles. The fourth-order valence-corrected chi connectivity index (χ4v) is 0.662. The highest BCUT2D eigenvalue weighted by Crippen LogP contribution is 2.17. The van der Waals surface area contributed by atoms with Gasteiger partial charge in [-0.3, -0.25) is 4.67 Å². The van der Waals surface area contributed by atoms with E-state index in [9.17, 15) is 0 Å². The van der Waals surface area contributed by atoms with Crippen LogP contribution in [0.15, 0.2) is 10.3 Å². The van der Waals surface area contributed by atoms with Crippen molar-refractivity contribution in [3.8, 4) is 0 Å². The van der Waals surface area contributed by atoms with Crippen molar-refractivity contribution in [3.05, 3.63) is 0 Å². The molecule has 9 heavy (non-hydrogen) atoms. The van der Waals surface area contributed by atoms with Gasteiger partial charge in [0.05, 0.1) is 7.05 Å². The molecule has 0 radical (unpaired) electrons. The van der Waals surface area contributed by atoms with Crippen molar-refractivity contribution in [2.75, 3.05) is 14.1 Å². The Bertz CT molecular complexity index is 110. The van der Waals surface area contributed by atoms with Gasteiger partial charge in [0.15, 0.2) is 0 Å². The van der Waals surface area contributed by atoms with Crippen LogP contribution in [0.25, 0.3) is 0 Å². The van der Waals surface area contributed by atoms with Crippen LogP contribution in [-0.2, 0) is 0 Å². The first-order chi connectivity index (χ1) is 3.98. The average Bonchev–Trinajstić information content (AvgIpc) is 1.64. The minimum atomic E-state index is -2.26. The lowest BCUT2D eigenvalue weighted by molar-refractivity contribution is 0.524. The molecule has 0 unspecified atom stereocenters. The standard InChI is InChI=1S/C3H9Cl2N3Si/c1-6-7-8(2)9(3,4)5/h1-3H3. The smallest absolute Gasteiger partial charge is 0.279 e. The first kappa shape index (κ1) is 9.20. The molecule has 3 nitrogen and oxygen atoms in total. The molecular formula is C3H9Cl2N3Si. The molecule has 0 saturated heterocycles. The van der Waals surface area contributed by atoms with Crippen molar-refractivity contribution in [2.45, 2.75) is 6.55 Å². The summed E-state index contributed by atoms with van der Waals surface area (Å²) in [6.07, 6.45) is 0. The molecule has 0 rings (SSSR count). The van der Waals surface area contributed by atoms with E-state index in [0.717, 1.165) is 0 Å². The maximum atomic E-state index is 5.74. The van der Waals surface area contributed by atoms with Crippen molar-refractivity contribution in [3.63, 3.8) is 0 Å². The molecule has 0 aromatic carbocycles. The van der Waals surface area contributed by atoms with Gasteiger partial charge in [-0.15, -0.1) is 22.2 Å². The summed E-state index contributed by atoms with van der Waals surface area (Å²) in [6, 6.07) is 0. The van der Waals surface area contributed by atoms with Gasteiger partial charge in [-0.1, -0.05) is 5.22 Å². The summed E-state index contributed by atoms with van der Waals surface area (Å²) >= 11 is 11.5. The summed E-state index contributed by atoms with van der Waals surface area (Å²) in [5, 5.41) is 7.17. The summed E-state index contributed by atoms with van der Waals surface area (Å²) in [6.45, 7) is -0.509. The predicted molar refractivity (Wildman–Crippen MR) is 41.9 cm³/mol. The second-order valence-corrected chi connectivity index (χ2v) is 8.98. The van der Waals surface area contributed by atoms with Crippen LogP contribution >= 0.6 is 22.2 Å². The molecule has 0 heterocycles. The highest BCUT2D eigenvalue weighted by Gasteiger charge is 2.27. The molecule has 0 aliphatic carbocycles. The highest BCUT2D eigenvalue weighted by molar-refractivity contribution is 7.43. The highest BCUT2D eigenvalue weighted by atomic mass is 35.7. The quantitative estimate of drug-likeness (QED) is 0.280. The molecule has 0 N–H and O–H groups in total. The third kappa shape index (κ3) is 3.72. The van der Waals surface area contributed by atoms with Gasteiger partial charge in [0, 0.05) is 7.05 Å². The Labute approximate surface area is 65.1 Å². The van der Waals surface area contributed by atoms with Crippen LogP contribution < -0.4 is 0 Å². The Balaban J connectivity index is 3.88. The van der Waals surface area contributed by atoms with Crippen LogP contribution in [0.3, 0.4) is 0 Å². The molecule has 0 amide bonds. The van der Waals surface area contributed by atoms with Gasteiger partial charge in [-0.05, 0) is 6.55 Å². The summed E-state index contributed by atoms with van der Waals surface area (Å²) in [5.74, 6) is 0. The fourth-order valence-electron chi connectivity index (χ4n) is 0.213. The normalized spacial score (nSPS) is 12.6. The monoisotopic (exact) mass is 185 g/mol. The summed E-state index contributed by atoms with van der Waals surface area (Å²) in [7, 11) is 3.28. The van der Waals surface area contributed by atoms with Gasteiger partial charge < -0.3 is 0 Å². The van der Waals surface area contributed by atoms with Crippen LogP contribution in [-0.4, -0.2) is 25.6 Å². The molecule has 0 fully saturated rings. The Hall–Kier alpha value is 0.197. The SMILES string of the molecule is CN=NN(C)[Si](C)(Cl)Cl. The van der Waals surface area contributed by atoms with Gasteiger partial charge in [0.25, 0.3) is 0 Å². The van der Waals surface area contributed by atoms with Gasteiger partial charge in [0.1, 0.15) is 0 Å². The summed E-state index contributed by atoms with van der Waals surface area (Å²) < 4.78 is 1.50. The lowest BCUT2D eigenvalue weighted by Crippen LogP contribution is -2.33. The second kappa shape index (κ2) is 3.39. The van der Waals surface area contributed by atoms with Crippen molar-refractivity contribution in [2.24, 2.45) is 10.3 Å². The number of halogens is 2. The molecule has 0 aromatic heterocycles. The third-order valence-corrected chi connectivity index (χ3v) is 3.49. The van der Waals surface area contributed by atoms with E-state index in [-0.39, 0.29) is 0 Å². The second-order valence-electron chi connectivity index (χ2n) is 1.66. The number of hydrogen-bond acceptors (Lipinski definition) is 2. The minimum Gasteiger partial charge on any atom is -0.279 e. The first-order valence-corrected chi connectivity index (χ1v) is 6.87. The predicted octanol–water partition coefficient (Wildman–Crippen LogP) is 1.96. The first-order valence-electron chi connectivity index (χ1n) is 2.40. The molecule has 0 atom stereocenters. The number of hydrogen-bond donors (Lipinski definition) is 0. The maximum absolute atomic E-state index is 5.74. The topological polar surface area (TPSA) is 28.0 Å². The van der Waals surface area contributed by atoms with Gasteiger partial charge in [-0.2, -0.15) is 5.11 Å². The van der Waals surface area contributed by atoms with Crippen molar-refractivity contribution < 1.29 is 0 Å². The molecular weight excluding hydrogens is 177 g/mol. The van der Waals surface area contributed by atoms with Crippen LogP contribution in [0, 0.1) is 0 Å². The number of rotatable bonds is 2. The Kier molecular flexibility index (Phi) is 3.46. The van der Waals surface area contributed by atoms with E-state index in [4.69, 9.17) is 22.2 Å². The zero-order valence-corrected chi connectivity index (χ0v) is 8.11.